The van der Waals surface area contributed by atoms with Crippen molar-refractivity contribution in [3.8, 4) is 5.75 Å². The number of hydrogen-bond donors (Lipinski definition) is 1. The summed E-state index contributed by atoms with van der Waals surface area (Å²) in [5.74, 6) is 0.626. The van der Waals surface area contributed by atoms with Crippen molar-refractivity contribution in [1.82, 2.24) is 9.80 Å². The standard InChI is InChI=1S/C27H28N2O3.C2H6O.H2O/c1-20-11-13-23(14-12-20)27(31)28-18-24(15-21-7-4-3-5-8-21)29(26(30)19-28)17-22-9-6-10-25(16-22)32-2;1-2-3;/h3-14,16,24H,15,17-19H2,1-2H3;3H,2H2,1H3;1H2/t24-;;/m0../s1. The molecule has 2 amide bonds. The fourth-order valence-electron chi connectivity index (χ4n) is 4.15. The number of hydrogen-bond acceptors (Lipinski definition) is 4. The summed E-state index contributed by atoms with van der Waals surface area (Å²) < 4.78 is 5.34. The van der Waals surface area contributed by atoms with Gasteiger partial charge >= 0.3 is 0 Å². The topological polar surface area (TPSA) is 102 Å². The van der Waals surface area contributed by atoms with E-state index in [4.69, 9.17) is 9.84 Å². The lowest BCUT2D eigenvalue weighted by molar-refractivity contribution is -0.139. The van der Waals surface area contributed by atoms with Crippen molar-refractivity contribution in [2.45, 2.75) is 32.9 Å². The highest BCUT2D eigenvalue weighted by Crippen LogP contribution is 2.22. The molecule has 1 aliphatic rings. The molecule has 36 heavy (non-hydrogen) atoms. The minimum absolute atomic E-state index is 0. The van der Waals surface area contributed by atoms with Crippen molar-refractivity contribution in [2.24, 2.45) is 0 Å². The van der Waals surface area contributed by atoms with Crippen molar-refractivity contribution >= 4 is 11.8 Å². The second-order valence-corrected chi connectivity index (χ2v) is 8.58. The van der Waals surface area contributed by atoms with Crippen LogP contribution in [0.15, 0.2) is 78.9 Å². The van der Waals surface area contributed by atoms with Gasteiger partial charge in [0.1, 0.15) is 12.3 Å². The average molecular weight is 493 g/mol. The summed E-state index contributed by atoms with van der Waals surface area (Å²) in [6.45, 7) is 4.99. The van der Waals surface area contributed by atoms with Crippen molar-refractivity contribution in [3.05, 3.63) is 101 Å². The maximum atomic E-state index is 13.3. The fourth-order valence-corrected chi connectivity index (χ4v) is 4.15. The summed E-state index contributed by atoms with van der Waals surface area (Å²) in [6.07, 6.45) is 0.689. The number of aliphatic hydroxyl groups excluding tert-OH is 1. The number of amides is 2. The minimum Gasteiger partial charge on any atom is -0.497 e. The van der Waals surface area contributed by atoms with E-state index in [2.05, 4.69) is 12.1 Å². The minimum atomic E-state index is -0.112. The molecular weight excluding hydrogens is 456 g/mol. The largest absolute Gasteiger partial charge is 0.497 e. The molecule has 3 aromatic rings. The molecule has 1 fully saturated rings. The number of piperazine rings is 1. The lowest BCUT2D eigenvalue weighted by Gasteiger charge is -2.41. The molecule has 7 nitrogen and oxygen atoms in total. The number of carbonyl (C=O) groups excluding carboxylic acids is 2. The lowest BCUT2D eigenvalue weighted by Crippen LogP contribution is -2.58. The molecule has 1 heterocycles. The Labute approximate surface area is 213 Å². The van der Waals surface area contributed by atoms with Gasteiger partial charge in [0.25, 0.3) is 5.91 Å². The number of ether oxygens (including phenoxy) is 1. The van der Waals surface area contributed by atoms with Crippen molar-refractivity contribution in [2.75, 3.05) is 26.8 Å². The third-order valence-electron chi connectivity index (χ3n) is 5.91. The van der Waals surface area contributed by atoms with Crippen LogP contribution < -0.4 is 4.74 Å². The normalized spacial score (nSPS) is 14.9. The molecule has 0 aromatic heterocycles. The predicted octanol–water partition coefficient (Wildman–Crippen LogP) is 3.27. The van der Waals surface area contributed by atoms with Gasteiger partial charge in [0.15, 0.2) is 0 Å². The monoisotopic (exact) mass is 492 g/mol. The van der Waals surface area contributed by atoms with E-state index in [9.17, 15) is 9.59 Å². The van der Waals surface area contributed by atoms with E-state index in [1.54, 1.807) is 18.9 Å². The van der Waals surface area contributed by atoms with E-state index in [1.165, 1.54) is 0 Å². The molecule has 3 aromatic carbocycles. The highest BCUT2D eigenvalue weighted by molar-refractivity contribution is 5.97. The van der Waals surface area contributed by atoms with Crippen LogP contribution in [0.4, 0.5) is 0 Å². The first-order valence-corrected chi connectivity index (χ1v) is 11.9. The molecule has 0 bridgehead atoms. The summed E-state index contributed by atoms with van der Waals surface area (Å²) in [5.41, 5.74) is 3.87. The van der Waals surface area contributed by atoms with Crippen LogP contribution in [0.1, 0.15) is 34.0 Å². The van der Waals surface area contributed by atoms with Crippen LogP contribution in [0.25, 0.3) is 0 Å². The Bertz CT molecular complexity index is 1100. The van der Waals surface area contributed by atoms with Gasteiger partial charge < -0.3 is 25.1 Å². The smallest absolute Gasteiger partial charge is 0.254 e. The van der Waals surface area contributed by atoms with Gasteiger partial charge in [-0.2, -0.15) is 0 Å². The summed E-state index contributed by atoms with van der Waals surface area (Å²) in [4.78, 5) is 30.0. The van der Waals surface area contributed by atoms with E-state index in [0.717, 1.165) is 22.4 Å². The molecule has 0 radical (unpaired) electrons. The quantitative estimate of drug-likeness (QED) is 0.571. The molecule has 1 saturated heterocycles. The van der Waals surface area contributed by atoms with Gasteiger partial charge in [-0.3, -0.25) is 9.59 Å². The predicted molar refractivity (Wildman–Crippen MR) is 141 cm³/mol. The maximum absolute atomic E-state index is 13.3. The molecule has 0 spiro atoms. The zero-order valence-corrected chi connectivity index (χ0v) is 21.2. The second kappa shape index (κ2) is 14.0. The van der Waals surface area contributed by atoms with Crippen molar-refractivity contribution < 1.29 is 24.9 Å². The number of nitrogens with zero attached hydrogens (tertiary/aromatic N) is 2. The number of carbonyl (C=O) groups is 2. The third kappa shape index (κ3) is 7.66. The Kier molecular flexibility index (Phi) is 11.1. The molecular formula is C29H36N2O5. The molecule has 0 aliphatic carbocycles. The second-order valence-electron chi connectivity index (χ2n) is 8.58. The molecule has 0 unspecified atom stereocenters. The van der Waals surface area contributed by atoms with E-state index in [-0.39, 0.29) is 36.5 Å². The number of aryl methyl sites for hydroxylation is 1. The van der Waals surface area contributed by atoms with E-state index >= 15 is 0 Å². The number of benzene rings is 3. The zero-order valence-electron chi connectivity index (χ0n) is 21.2. The Morgan fingerprint density at radius 3 is 2.28 bits per heavy atom. The Morgan fingerprint density at radius 2 is 1.64 bits per heavy atom. The summed E-state index contributed by atoms with van der Waals surface area (Å²) in [5, 5.41) is 7.57. The SMILES string of the molecule is CCO.COc1cccc(CN2C(=O)CN(C(=O)c3ccc(C)cc3)C[C@@H]2Cc2ccccc2)c1.O. The zero-order chi connectivity index (χ0) is 25.2. The third-order valence-corrected chi connectivity index (χ3v) is 5.91. The van der Waals surface area contributed by atoms with E-state index in [1.807, 2.05) is 78.6 Å². The summed E-state index contributed by atoms with van der Waals surface area (Å²) in [6, 6.07) is 25.3. The molecule has 1 atom stereocenters. The van der Waals surface area contributed by atoms with Gasteiger partial charge in [-0.05, 0) is 55.7 Å². The first kappa shape index (κ1) is 28.6. The molecule has 0 saturated carbocycles. The average Bonchev–Trinajstić information content (AvgIpc) is 2.87. The number of rotatable bonds is 6. The van der Waals surface area contributed by atoms with Crippen LogP contribution in [0.2, 0.25) is 0 Å². The van der Waals surface area contributed by atoms with Crippen molar-refractivity contribution in [3.63, 3.8) is 0 Å². The fraction of sp³-hybridized carbons (Fsp3) is 0.310. The maximum Gasteiger partial charge on any atom is 0.254 e. The molecule has 7 heteroatoms. The van der Waals surface area contributed by atoms with Gasteiger partial charge in [-0.15, -0.1) is 0 Å². The summed E-state index contributed by atoms with van der Waals surface area (Å²) in [7, 11) is 1.64. The van der Waals surface area contributed by atoms with Crippen LogP contribution in [0.5, 0.6) is 5.75 Å². The molecule has 1 aliphatic heterocycles. The van der Waals surface area contributed by atoms with Crippen LogP contribution in [0.3, 0.4) is 0 Å². The van der Waals surface area contributed by atoms with Gasteiger partial charge in [-0.25, -0.2) is 0 Å². The molecule has 3 N–H and O–H groups in total. The van der Waals surface area contributed by atoms with E-state index in [0.29, 0.717) is 25.1 Å². The van der Waals surface area contributed by atoms with Crippen LogP contribution >= 0.6 is 0 Å². The first-order valence-electron chi connectivity index (χ1n) is 11.9. The van der Waals surface area contributed by atoms with Crippen LogP contribution in [0, 0.1) is 6.92 Å². The van der Waals surface area contributed by atoms with Gasteiger partial charge in [0, 0.05) is 25.3 Å². The number of methoxy groups -OCH3 is 1. The highest BCUT2D eigenvalue weighted by atomic mass is 16.5. The Morgan fingerprint density at radius 1 is 1.00 bits per heavy atom. The molecule has 4 rings (SSSR count). The van der Waals surface area contributed by atoms with E-state index < -0.39 is 0 Å². The lowest BCUT2D eigenvalue weighted by atomic mass is 10.00. The van der Waals surface area contributed by atoms with Gasteiger partial charge in [0.2, 0.25) is 5.91 Å². The van der Waals surface area contributed by atoms with Crippen LogP contribution in [-0.2, 0) is 17.8 Å². The first-order chi connectivity index (χ1) is 16.9. The highest BCUT2D eigenvalue weighted by Gasteiger charge is 2.35. The Hall–Kier alpha value is -3.68. The Balaban J connectivity index is 0.00000109. The van der Waals surface area contributed by atoms with Gasteiger partial charge in [-0.1, -0.05) is 60.2 Å². The summed E-state index contributed by atoms with van der Waals surface area (Å²) >= 11 is 0. The molecule has 192 valence electrons. The van der Waals surface area contributed by atoms with Crippen LogP contribution in [-0.4, -0.2) is 65.0 Å². The number of aliphatic hydroxyl groups is 1. The van der Waals surface area contributed by atoms with Crippen molar-refractivity contribution in [1.29, 1.82) is 0 Å². The van der Waals surface area contributed by atoms with Gasteiger partial charge in [0.05, 0.1) is 13.2 Å².